The lowest BCUT2D eigenvalue weighted by Crippen LogP contribution is -2.23. The molecule has 0 aromatic heterocycles. The fourth-order valence-corrected chi connectivity index (χ4v) is 5.99. The summed E-state index contributed by atoms with van der Waals surface area (Å²) in [5, 5.41) is 3.15. The Morgan fingerprint density at radius 2 is 1.08 bits per heavy atom. The lowest BCUT2D eigenvalue weighted by atomic mass is 10.0. The summed E-state index contributed by atoms with van der Waals surface area (Å²) in [5.41, 5.74) is 0. The van der Waals surface area contributed by atoms with Crippen LogP contribution in [0.5, 0.6) is 0 Å². The molecule has 288 valence electrons. The maximum atomic E-state index is 12.7. The van der Waals surface area contributed by atoms with Gasteiger partial charge in [-0.25, -0.2) is 0 Å². The summed E-state index contributed by atoms with van der Waals surface area (Å²) >= 11 is 0. The molecule has 0 bridgehead atoms. The summed E-state index contributed by atoms with van der Waals surface area (Å²) in [5.74, 6) is -0.317. The van der Waals surface area contributed by atoms with Crippen molar-refractivity contribution in [2.45, 2.75) is 187 Å². The Bertz CT molecular complexity index is 866. The van der Waals surface area contributed by atoms with Crippen LogP contribution in [-0.4, -0.2) is 55.3 Å². The number of nitrogens with zero attached hydrogens (tertiary/aromatic N) is 1. The van der Waals surface area contributed by atoms with Gasteiger partial charge in [0.25, 0.3) is 0 Å². The first-order valence-corrected chi connectivity index (χ1v) is 20.5. The van der Waals surface area contributed by atoms with Crippen LogP contribution in [0.25, 0.3) is 0 Å². The van der Waals surface area contributed by atoms with Gasteiger partial charge in [0.05, 0.1) is 6.67 Å². The number of nitrogens with one attached hydrogen (secondary N) is 1. The third-order valence-electron chi connectivity index (χ3n) is 9.10. The predicted molar refractivity (Wildman–Crippen MR) is 205 cm³/mol. The first kappa shape index (κ1) is 45.3. The van der Waals surface area contributed by atoms with E-state index in [9.17, 15) is 14.4 Å². The second kappa shape index (κ2) is 34.7. The van der Waals surface area contributed by atoms with Gasteiger partial charge in [-0.15, -0.1) is 0 Å². The van der Waals surface area contributed by atoms with Crippen LogP contribution in [0.3, 0.4) is 0 Å². The van der Waals surface area contributed by atoms with Crippen molar-refractivity contribution in [1.82, 2.24) is 10.2 Å². The van der Waals surface area contributed by atoms with Crippen LogP contribution in [0.2, 0.25) is 0 Å². The van der Waals surface area contributed by atoms with E-state index >= 15 is 0 Å². The van der Waals surface area contributed by atoms with Gasteiger partial charge in [0, 0.05) is 38.2 Å². The Labute approximate surface area is 306 Å². The van der Waals surface area contributed by atoms with Gasteiger partial charge in [0.15, 0.2) is 0 Å². The van der Waals surface area contributed by atoms with Gasteiger partial charge in [0.1, 0.15) is 19.3 Å². The maximum absolute atomic E-state index is 12.7. The van der Waals surface area contributed by atoms with Gasteiger partial charge in [-0.3, -0.25) is 14.4 Å². The summed E-state index contributed by atoms with van der Waals surface area (Å²) in [6, 6.07) is 0. The van der Waals surface area contributed by atoms with Crippen LogP contribution in [0.1, 0.15) is 181 Å². The second-order valence-electron chi connectivity index (χ2n) is 13.8. The van der Waals surface area contributed by atoms with Crippen LogP contribution in [0, 0.1) is 0 Å². The van der Waals surface area contributed by atoms with Crippen molar-refractivity contribution in [3.8, 4) is 0 Å². The van der Waals surface area contributed by atoms with Gasteiger partial charge in [-0.1, -0.05) is 115 Å². The number of rotatable bonds is 35. The van der Waals surface area contributed by atoms with E-state index in [1.807, 2.05) is 24.6 Å². The highest BCUT2D eigenvalue weighted by molar-refractivity contribution is 5.70. The third kappa shape index (κ3) is 30.1. The molecule has 50 heavy (non-hydrogen) atoms. The van der Waals surface area contributed by atoms with Gasteiger partial charge >= 0.3 is 17.9 Å². The van der Waals surface area contributed by atoms with E-state index in [-0.39, 0.29) is 24.0 Å². The Morgan fingerprint density at radius 1 is 0.600 bits per heavy atom. The van der Waals surface area contributed by atoms with E-state index in [2.05, 4.69) is 36.2 Å². The van der Waals surface area contributed by atoms with Crippen molar-refractivity contribution in [2.24, 2.45) is 0 Å². The molecule has 1 aliphatic heterocycles. The molecular weight excluding hydrogens is 628 g/mol. The zero-order valence-corrected chi connectivity index (χ0v) is 32.2. The first-order chi connectivity index (χ1) is 24.5. The molecule has 1 heterocycles. The number of carbonyl (C=O) groups is 3. The minimum atomic E-state index is -0.110. The van der Waals surface area contributed by atoms with Crippen molar-refractivity contribution in [3.05, 3.63) is 36.7 Å². The van der Waals surface area contributed by atoms with Gasteiger partial charge in [0.2, 0.25) is 0 Å². The molecule has 1 rings (SSSR count). The number of ether oxygens (including phenoxy) is 3. The van der Waals surface area contributed by atoms with E-state index in [1.54, 1.807) is 0 Å². The molecule has 0 atom stereocenters. The highest BCUT2D eigenvalue weighted by atomic mass is 16.5. The third-order valence-corrected chi connectivity index (χ3v) is 9.10. The maximum Gasteiger partial charge on any atom is 0.306 e. The van der Waals surface area contributed by atoms with Crippen molar-refractivity contribution in [2.75, 3.05) is 26.4 Å². The molecule has 1 N–H and O–H groups in total. The zero-order valence-electron chi connectivity index (χ0n) is 32.2. The number of hydrogen-bond donors (Lipinski definition) is 1. The molecule has 8 nitrogen and oxygen atoms in total. The minimum absolute atomic E-state index is 0.0415. The summed E-state index contributed by atoms with van der Waals surface area (Å²) in [7, 11) is 0. The minimum Gasteiger partial charge on any atom is -0.462 e. The van der Waals surface area contributed by atoms with E-state index in [1.165, 1.54) is 51.4 Å². The van der Waals surface area contributed by atoms with Crippen molar-refractivity contribution >= 4 is 17.9 Å². The van der Waals surface area contributed by atoms with Gasteiger partial charge in [-0.2, -0.15) is 0 Å². The van der Waals surface area contributed by atoms with Crippen molar-refractivity contribution in [1.29, 1.82) is 0 Å². The SMILES string of the molecule is CCCCCC/C=C\COC(=O)CCCCCCCC(CCCCCCCC(=O)OC/C=C\CCCCCC)OC(=O)CCCN1C=CNC1. The van der Waals surface area contributed by atoms with Crippen LogP contribution < -0.4 is 5.32 Å². The van der Waals surface area contributed by atoms with Crippen molar-refractivity contribution in [3.63, 3.8) is 0 Å². The Balaban J connectivity index is 2.20. The normalized spacial score (nSPS) is 12.7. The topological polar surface area (TPSA) is 94.2 Å². The van der Waals surface area contributed by atoms with E-state index < -0.39 is 0 Å². The predicted octanol–water partition coefficient (Wildman–Crippen LogP) is 10.6. The molecule has 0 aliphatic carbocycles. The van der Waals surface area contributed by atoms with E-state index in [0.29, 0.717) is 32.5 Å². The van der Waals surface area contributed by atoms with Crippen LogP contribution in [0.15, 0.2) is 36.7 Å². The molecule has 0 aromatic rings. The number of hydrogen-bond acceptors (Lipinski definition) is 8. The first-order valence-electron chi connectivity index (χ1n) is 20.5. The quantitative estimate of drug-likeness (QED) is 0.0302. The van der Waals surface area contributed by atoms with E-state index in [0.717, 1.165) is 110 Å². The molecule has 0 saturated carbocycles. The summed E-state index contributed by atoms with van der Waals surface area (Å²) in [4.78, 5) is 38.8. The number of unbranched alkanes of at least 4 members (excludes halogenated alkanes) is 16. The molecule has 0 spiro atoms. The molecule has 8 heteroatoms. The Hall–Kier alpha value is -2.77. The number of esters is 3. The number of carbonyl (C=O) groups excluding carboxylic acids is 3. The fourth-order valence-electron chi connectivity index (χ4n) is 5.99. The molecule has 1 aliphatic rings. The van der Waals surface area contributed by atoms with Gasteiger partial charge < -0.3 is 24.4 Å². The van der Waals surface area contributed by atoms with Crippen LogP contribution in [0.4, 0.5) is 0 Å². The summed E-state index contributed by atoms with van der Waals surface area (Å²) < 4.78 is 16.6. The van der Waals surface area contributed by atoms with Gasteiger partial charge in [-0.05, 0) is 70.6 Å². The molecule has 0 amide bonds. The zero-order chi connectivity index (χ0) is 36.2. The Morgan fingerprint density at radius 3 is 1.58 bits per heavy atom. The molecular formula is C42H74N2O6. The molecule has 0 unspecified atom stereocenters. The summed E-state index contributed by atoms with van der Waals surface area (Å²) in [6.07, 6.45) is 38.2. The highest BCUT2D eigenvalue weighted by Crippen LogP contribution is 2.18. The molecule has 0 fully saturated rings. The highest BCUT2D eigenvalue weighted by Gasteiger charge is 2.15. The monoisotopic (exact) mass is 703 g/mol. The van der Waals surface area contributed by atoms with E-state index in [4.69, 9.17) is 14.2 Å². The smallest absolute Gasteiger partial charge is 0.306 e. The second-order valence-corrected chi connectivity index (χ2v) is 13.8. The van der Waals surface area contributed by atoms with Crippen LogP contribution in [-0.2, 0) is 28.6 Å². The number of allylic oxidation sites excluding steroid dienone is 2. The largest absolute Gasteiger partial charge is 0.462 e. The average molecular weight is 703 g/mol. The average Bonchev–Trinajstić information content (AvgIpc) is 3.63. The molecule has 0 aromatic carbocycles. The molecule has 0 saturated heterocycles. The lowest BCUT2D eigenvalue weighted by Gasteiger charge is -2.19. The lowest BCUT2D eigenvalue weighted by molar-refractivity contribution is -0.150. The Kier molecular flexibility index (Phi) is 31.4. The van der Waals surface area contributed by atoms with Crippen LogP contribution >= 0.6 is 0 Å². The van der Waals surface area contributed by atoms with Crippen molar-refractivity contribution < 1.29 is 28.6 Å². The molecule has 0 radical (unpaired) electrons. The summed E-state index contributed by atoms with van der Waals surface area (Å²) in [6.45, 7) is 6.83. The standard InChI is InChI=1S/C42H74N2O6/c1-3-5-7-9-11-19-25-36-48-40(45)30-23-17-13-15-21-28-39(50-42(47)32-27-34-44-35-33-43-38-44)29-22-16-14-18-24-31-41(46)49-37-26-20-12-10-8-6-4-2/h19-20,25-26,33,35,39,43H,3-18,21-24,27-32,34,36-38H2,1-2H3/b25-19-,26-20-. The fraction of sp³-hybridized carbons (Fsp3) is 0.786.